The van der Waals surface area contributed by atoms with Crippen LogP contribution in [0.3, 0.4) is 0 Å². The Morgan fingerprint density at radius 3 is 2.44 bits per heavy atom. The number of carbonyl (C=O) groups excluding carboxylic acids is 3. The minimum Gasteiger partial charge on any atom is -0.493 e. The molecule has 0 unspecified atom stereocenters. The molecule has 0 aromatic heterocycles. The average Bonchev–Trinajstić information content (AvgIpc) is 2.84. The van der Waals surface area contributed by atoms with Gasteiger partial charge in [-0.05, 0) is 54.9 Å². The van der Waals surface area contributed by atoms with Gasteiger partial charge in [0, 0.05) is 0 Å². The zero-order valence-electron chi connectivity index (χ0n) is 14.5. The van der Waals surface area contributed by atoms with Crippen molar-refractivity contribution in [2.24, 2.45) is 0 Å². The van der Waals surface area contributed by atoms with Crippen LogP contribution in [0.5, 0.6) is 11.5 Å². The predicted octanol–water partition coefficient (Wildman–Crippen LogP) is 2.61. The first-order valence-electron chi connectivity index (χ1n) is 7.54. The first-order valence-corrected chi connectivity index (χ1v) is 8.36. The number of ether oxygens (including phenoxy) is 3. The average molecular weight is 365 g/mol. The van der Waals surface area contributed by atoms with Crippen LogP contribution in [0.2, 0.25) is 0 Å². The summed E-state index contributed by atoms with van der Waals surface area (Å²) in [5, 5.41) is -0.498. The van der Waals surface area contributed by atoms with Gasteiger partial charge in [0.2, 0.25) is 0 Å². The van der Waals surface area contributed by atoms with E-state index in [-0.39, 0.29) is 18.1 Å². The number of rotatable bonds is 6. The van der Waals surface area contributed by atoms with Crippen LogP contribution in [0.15, 0.2) is 17.0 Å². The highest BCUT2D eigenvalue weighted by molar-refractivity contribution is 8.18. The maximum atomic E-state index is 12.4. The minimum absolute atomic E-state index is 0.190. The number of thioether (sulfide) groups is 1. The van der Waals surface area contributed by atoms with Crippen LogP contribution in [-0.4, -0.2) is 49.4 Å². The van der Waals surface area contributed by atoms with Gasteiger partial charge in [0.05, 0.1) is 25.7 Å². The van der Waals surface area contributed by atoms with Crippen molar-refractivity contribution in [1.82, 2.24) is 4.90 Å². The third kappa shape index (κ3) is 4.14. The molecule has 2 amide bonds. The second-order valence-electron chi connectivity index (χ2n) is 5.14. The maximum absolute atomic E-state index is 12.4. The summed E-state index contributed by atoms with van der Waals surface area (Å²) in [6, 6.07) is 3.51. The Labute approximate surface area is 149 Å². The second-order valence-corrected chi connectivity index (χ2v) is 6.13. The summed E-state index contributed by atoms with van der Waals surface area (Å²) < 4.78 is 15.3. The Morgan fingerprint density at radius 2 is 1.84 bits per heavy atom. The Hall–Kier alpha value is -2.48. The predicted molar refractivity (Wildman–Crippen MR) is 93.6 cm³/mol. The maximum Gasteiger partial charge on any atom is 0.326 e. The van der Waals surface area contributed by atoms with E-state index in [9.17, 15) is 14.4 Å². The molecule has 1 aromatic carbocycles. The topological polar surface area (TPSA) is 82.1 Å². The van der Waals surface area contributed by atoms with Crippen molar-refractivity contribution in [3.05, 3.63) is 28.2 Å². The van der Waals surface area contributed by atoms with Crippen molar-refractivity contribution in [1.29, 1.82) is 0 Å². The van der Waals surface area contributed by atoms with Crippen LogP contribution in [0.1, 0.15) is 18.1 Å². The third-order valence-corrected chi connectivity index (χ3v) is 4.43. The van der Waals surface area contributed by atoms with Gasteiger partial charge < -0.3 is 14.2 Å². The van der Waals surface area contributed by atoms with Gasteiger partial charge in [-0.25, -0.2) is 0 Å². The molecule has 1 aliphatic rings. The van der Waals surface area contributed by atoms with Crippen molar-refractivity contribution in [2.75, 3.05) is 27.4 Å². The molecule has 25 heavy (non-hydrogen) atoms. The number of benzene rings is 1. The summed E-state index contributed by atoms with van der Waals surface area (Å²) in [5.74, 6) is -0.0387. The van der Waals surface area contributed by atoms with E-state index >= 15 is 0 Å². The van der Waals surface area contributed by atoms with Gasteiger partial charge in [0.1, 0.15) is 6.54 Å². The number of esters is 1. The number of carbonyl (C=O) groups is 3. The Morgan fingerprint density at radius 1 is 1.20 bits per heavy atom. The zero-order chi connectivity index (χ0) is 18.6. The lowest BCUT2D eigenvalue weighted by molar-refractivity contribution is -0.145. The third-order valence-electron chi connectivity index (χ3n) is 3.52. The van der Waals surface area contributed by atoms with Gasteiger partial charge in [-0.15, -0.1) is 0 Å². The lowest BCUT2D eigenvalue weighted by Crippen LogP contribution is -2.34. The highest BCUT2D eigenvalue weighted by Gasteiger charge is 2.36. The van der Waals surface area contributed by atoms with Crippen LogP contribution < -0.4 is 9.47 Å². The Bertz CT molecular complexity index is 743. The van der Waals surface area contributed by atoms with E-state index < -0.39 is 17.1 Å². The van der Waals surface area contributed by atoms with Gasteiger partial charge in [0.25, 0.3) is 11.1 Å². The van der Waals surface area contributed by atoms with Crippen molar-refractivity contribution in [3.8, 4) is 11.5 Å². The molecule has 1 saturated heterocycles. The quantitative estimate of drug-likeness (QED) is 0.566. The molecule has 1 heterocycles. The molecule has 0 atom stereocenters. The van der Waals surface area contributed by atoms with E-state index in [4.69, 9.17) is 14.2 Å². The van der Waals surface area contributed by atoms with Crippen LogP contribution >= 0.6 is 11.8 Å². The first kappa shape index (κ1) is 18.9. The van der Waals surface area contributed by atoms with Crippen LogP contribution in [0.4, 0.5) is 4.79 Å². The molecule has 0 bridgehead atoms. The molecule has 2 rings (SSSR count). The molecule has 0 saturated carbocycles. The lowest BCUT2D eigenvalue weighted by atomic mass is 10.1. The summed E-state index contributed by atoms with van der Waals surface area (Å²) in [7, 11) is 3.06. The molecule has 1 aliphatic heterocycles. The highest BCUT2D eigenvalue weighted by Crippen LogP contribution is 2.35. The molecule has 0 radical (unpaired) electrons. The SMILES string of the molecule is CCOC(=O)CN1C(=O)SC(=Cc2cc(OC)c(OC)cc2C)C1=O. The molecule has 1 fully saturated rings. The lowest BCUT2D eigenvalue weighted by Gasteiger charge is -2.12. The fraction of sp³-hybridized carbons (Fsp3) is 0.353. The van der Waals surface area contributed by atoms with Gasteiger partial charge in [-0.1, -0.05) is 0 Å². The summed E-state index contributed by atoms with van der Waals surface area (Å²) in [6.45, 7) is 3.32. The molecule has 134 valence electrons. The van der Waals surface area contributed by atoms with Crippen molar-refractivity contribution >= 4 is 35.0 Å². The molecule has 0 N–H and O–H groups in total. The van der Waals surface area contributed by atoms with Gasteiger partial charge >= 0.3 is 5.97 Å². The van der Waals surface area contributed by atoms with E-state index in [0.29, 0.717) is 11.5 Å². The van der Waals surface area contributed by atoms with Crippen molar-refractivity contribution in [2.45, 2.75) is 13.8 Å². The second kappa shape index (κ2) is 8.06. The standard InChI is InChI=1S/C17H19NO6S/c1-5-24-15(19)9-18-16(20)14(25-17(18)21)8-11-7-13(23-4)12(22-3)6-10(11)2/h6-8H,5,9H2,1-4H3. The number of amides is 2. The van der Waals surface area contributed by atoms with Gasteiger partial charge in [0.15, 0.2) is 11.5 Å². The molecule has 8 heteroatoms. The van der Waals surface area contributed by atoms with Crippen molar-refractivity contribution < 1.29 is 28.6 Å². The summed E-state index contributed by atoms with van der Waals surface area (Å²) in [6.07, 6.45) is 1.60. The van der Waals surface area contributed by atoms with Crippen LogP contribution in [0, 0.1) is 6.92 Å². The van der Waals surface area contributed by atoms with Gasteiger partial charge in [-0.3, -0.25) is 19.3 Å². The fourth-order valence-electron chi connectivity index (χ4n) is 2.27. The number of hydrogen-bond acceptors (Lipinski definition) is 7. The summed E-state index contributed by atoms with van der Waals surface area (Å²) in [4.78, 5) is 37.1. The highest BCUT2D eigenvalue weighted by atomic mass is 32.2. The van der Waals surface area contributed by atoms with Crippen LogP contribution in [0.25, 0.3) is 6.08 Å². The van der Waals surface area contributed by atoms with E-state index in [2.05, 4.69) is 0 Å². The fourth-order valence-corrected chi connectivity index (χ4v) is 3.09. The molecule has 0 aliphatic carbocycles. The Balaban J connectivity index is 2.29. The van der Waals surface area contributed by atoms with E-state index in [0.717, 1.165) is 27.8 Å². The zero-order valence-corrected chi connectivity index (χ0v) is 15.3. The molecular formula is C17H19NO6S. The number of imide groups is 1. The van der Waals surface area contributed by atoms with Crippen LogP contribution in [-0.2, 0) is 14.3 Å². The minimum atomic E-state index is -0.617. The molecular weight excluding hydrogens is 346 g/mol. The molecule has 1 aromatic rings. The van der Waals surface area contributed by atoms with Gasteiger partial charge in [-0.2, -0.15) is 0 Å². The molecule has 7 nitrogen and oxygen atoms in total. The Kier molecular flexibility index (Phi) is 6.08. The number of hydrogen-bond donors (Lipinski definition) is 0. The number of aryl methyl sites for hydroxylation is 1. The smallest absolute Gasteiger partial charge is 0.326 e. The monoisotopic (exact) mass is 365 g/mol. The van der Waals surface area contributed by atoms with Crippen molar-refractivity contribution in [3.63, 3.8) is 0 Å². The summed E-state index contributed by atoms with van der Waals surface area (Å²) >= 11 is 0.788. The first-order chi connectivity index (χ1) is 11.9. The van der Waals surface area contributed by atoms with E-state index in [1.165, 1.54) is 14.2 Å². The normalized spacial score (nSPS) is 15.7. The van der Waals surface area contributed by atoms with E-state index in [1.807, 2.05) is 6.92 Å². The van der Waals surface area contributed by atoms with E-state index in [1.54, 1.807) is 25.1 Å². The largest absolute Gasteiger partial charge is 0.493 e. The number of methoxy groups -OCH3 is 2. The number of nitrogens with zero attached hydrogens (tertiary/aromatic N) is 1. The summed E-state index contributed by atoms with van der Waals surface area (Å²) in [5.41, 5.74) is 1.58. The molecule has 0 spiro atoms.